The van der Waals surface area contributed by atoms with Crippen molar-refractivity contribution < 1.29 is 0 Å². The Morgan fingerprint density at radius 2 is 2.00 bits per heavy atom. The first-order chi connectivity index (χ1) is 8.72. The largest absolute Gasteiger partial charge is 0.310 e. The molecule has 1 aromatic carbocycles. The minimum absolute atomic E-state index is 0.705. The molecule has 1 aliphatic rings. The normalized spacial score (nSPS) is 15.0. The van der Waals surface area contributed by atoms with Gasteiger partial charge in [-0.25, -0.2) is 0 Å². The van der Waals surface area contributed by atoms with Crippen LogP contribution in [0.25, 0.3) is 10.4 Å². The maximum absolute atomic E-state index is 6.32. The maximum atomic E-state index is 6.32. The van der Waals surface area contributed by atoms with E-state index in [4.69, 9.17) is 23.2 Å². The second-order valence-corrected chi connectivity index (χ2v) is 6.69. The van der Waals surface area contributed by atoms with Gasteiger partial charge in [-0.05, 0) is 42.2 Å². The molecule has 18 heavy (non-hydrogen) atoms. The smallest absolute Gasteiger partial charge is 0.0934 e. The van der Waals surface area contributed by atoms with E-state index in [1.165, 1.54) is 12.8 Å². The first-order valence-electron chi connectivity index (χ1n) is 6.00. The van der Waals surface area contributed by atoms with Gasteiger partial charge < -0.3 is 5.32 Å². The number of nitrogens with one attached hydrogen (secondary N) is 1. The molecule has 3 rings (SSSR count). The molecule has 94 valence electrons. The fourth-order valence-corrected chi connectivity index (χ4v) is 3.14. The molecule has 0 amide bonds. The number of thiophene rings is 1. The van der Waals surface area contributed by atoms with Gasteiger partial charge in [0.15, 0.2) is 0 Å². The highest BCUT2D eigenvalue weighted by Gasteiger charge is 2.20. The second-order valence-electron chi connectivity index (χ2n) is 4.57. The molecule has 1 aliphatic carbocycles. The number of rotatable bonds is 4. The topological polar surface area (TPSA) is 12.0 Å². The van der Waals surface area contributed by atoms with E-state index < -0.39 is 0 Å². The summed E-state index contributed by atoms with van der Waals surface area (Å²) in [6.45, 7) is 0.856. The summed E-state index contributed by atoms with van der Waals surface area (Å²) in [7, 11) is 0. The molecular formula is C14H13Cl2NS. The molecule has 0 saturated heterocycles. The van der Waals surface area contributed by atoms with Crippen molar-refractivity contribution in [3.63, 3.8) is 0 Å². The molecule has 1 saturated carbocycles. The Morgan fingerprint density at radius 1 is 1.17 bits per heavy atom. The van der Waals surface area contributed by atoms with Crippen LogP contribution in [0.2, 0.25) is 9.36 Å². The first kappa shape index (κ1) is 12.5. The molecule has 2 aromatic rings. The zero-order valence-electron chi connectivity index (χ0n) is 9.75. The molecule has 1 N–H and O–H groups in total. The highest BCUT2D eigenvalue weighted by Crippen LogP contribution is 2.33. The predicted octanol–water partition coefficient (Wildman–Crippen LogP) is 4.97. The Labute approximate surface area is 121 Å². The van der Waals surface area contributed by atoms with Crippen LogP contribution in [0.15, 0.2) is 30.3 Å². The van der Waals surface area contributed by atoms with Crippen LogP contribution in [0.1, 0.15) is 18.4 Å². The lowest BCUT2D eigenvalue weighted by atomic mass is 10.1. The van der Waals surface area contributed by atoms with Crippen molar-refractivity contribution in [3.05, 3.63) is 45.3 Å². The van der Waals surface area contributed by atoms with E-state index in [0.29, 0.717) is 6.04 Å². The van der Waals surface area contributed by atoms with Crippen LogP contribution in [-0.4, -0.2) is 6.04 Å². The van der Waals surface area contributed by atoms with Gasteiger partial charge in [-0.3, -0.25) is 0 Å². The molecule has 0 aliphatic heterocycles. The van der Waals surface area contributed by atoms with E-state index in [0.717, 1.165) is 31.9 Å². The van der Waals surface area contributed by atoms with Gasteiger partial charge >= 0.3 is 0 Å². The van der Waals surface area contributed by atoms with Gasteiger partial charge in [0.25, 0.3) is 0 Å². The number of halogens is 2. The fourth-order valence-electron chi connectivity index (χ4n) is 1.86. The summed E-state index contributed by atoms with van der Waals surface area (Å²) in [6.07, 6.45) is 2.59. The van der Waals surface area contributed by atoms with Crippen LogP contribution in [0, 0.1) is 0 Å². The van der Waals surface area contributed by atoms with Crippen molar-refractivity contribution >= 4 is 34.5 Å². The van der Waals surface area contributed by atoms with Crippen molar-refractivity contribution in [2.24, 2.45) is 0 Å². The van der Waals surface area contributed by atoms with Gasteiger partial charge in [0.05, 0.1) is 4.34 Å². The summed E-state index contributed by atoms with van der Waals surface area (Å²) in [6, 6.07) is 10.9. The van der Waals surface area contributed by atoms with Crippen molar-refractivity contribution in [2.45, 2.75) is 25.4 Å². The molecule has 1 heterocycles. The van der Waals surface area contributed by atoms with Gasteiger partial charge in [-0.2, -0.15) is 0 Å². The molecule has 1 fully saturated rings. The van der Waals surface area contributed by atoms with Crippen molar-refractivity contribution in [1.29, 1.82) is 0 Å². The monoisotopic (exact) mass is 297 g/mol. The Kier molecular flexibility index (Phi) is 3.62. The molecule has 0 atom stereocenters. The molecule has 0 unspecified atom stereocenters. The Bertz CT molecular complexity index is 561. The minimum Gasteiger partial charge on any atom is -0.310 e. The van der Waals surface area contributed by atoms with Crippen LogP contribution in [0.5, 0.6) is 0 Å². The average Bonchev–Trinajstić information content (AvgIpc) is 3.08. The molecule has 1 aromatic heterocycles. The Balaban J connectivity index is 1.79. The van der Waals surface area contributed by atoms with Crippen molar-refractivity contribution in [1.82, 2.24) is 5.32 Å². The van der Waals surface area contributed by atoms with Crippen LogP contribution < -0.4 is 5.32 Å². The van der Waals surface area contributed by atoms with Crippen LogP contribution >= 0.6 is 34.5 Å². The SMILES string of the molecule is Clc1ccc(-c2ccc(CNC3CC3)c(Cl)c2)s1. The maximum Gasteiger partial charge on any atom is 0.0934 e. The molecular weight excluding hydrogens is 285 g/mol. The molecule has 0 bridgehead atoms. The van der Waals surface area contributed by atoms with E-state index in [9.17, 15) is 0 Å². The van der Waals surface area contributed by atoms with Crippen molar-refractivity contribution in [2.75, 3.05) is 0 Å². The quantitative estimate of drug-likeness (QED) is 0.840. The third-order valence-electron chi connectivity index (χ3n) is 3.07. The lowest BCUT2D eigenvalue weighted by Gasteiger charge is -2.07. The minimum atomic E-state index is 0.705. The van der Waals surface area contributed by atoms with Gasteiger partial charge in [-0.15, -0.1) is 11.3 Å². The average molecular weight is 298 g/mol. The van der Waals surface area contributed by atoms with Gasteiger partial charge in [0.2, 0.25) is 0 Å². The second kappa shape index (κ2) is 5.22. The first-order valence-corrected chi connectivity index (χ1v) is 7.57. The predicted molar refractivity (Wildman–Crippen MR) is 79.6 cm³/mol. The van der Waals surface area contributed by atoms with Crippen LogP contribution in [0.3, 0.4) is 0 Å². The highest BCUT2D eigenvalue weighted by molar-refractivity contribution is 7.19. The Morgan fingerprint density at radius 3 is 2.61 bits per heavy atom. The van der Waals surface area contributed by atoms with Crippen LogP contribution in [-0.2, 0) is 6.54 Å². The summed E-state index contributed by atoms with van der Waals surface area (Å²) in [5.41, 5.74) is 2.29. The molecule has 0 radical (unpaired) electrons. The summed E-state index contributed by atoms with van der Waals surface area (Å²) in [4.78, 5) is 1.16. The fraction of sp³-hybridized carbons (Fsp3) is 0.286. The van der Waals surface area contributed by atoms with Crippen LogP contribution in [0.4, 0.5) is 0 Å². The van der Waals surface area contributed by atoms with Gasteiger partial charge in [-0.1, -0.05) is 35.3 Å². The summed E-state index contributed by atoms with van der Waals surface area (Å²) in [5, 5.41) is 4.30. The lowest BCUT2D eigenvalue weighted by Crippen LogP contribution is -2.15. The third-order valence-corrected chi connectivity index (χ3v) is 4.70. The molecule has 0 spiro atoms. The summed E-state index contributed by atoms with van der Waals surface area (Å²) in [5.74, 6) is 0. The third kappa shape index (κ3) is 2.89. The van der Waals surface area contributed by atoms with E-state index in [-0.39, 0.29) is 0 Å². The van der Waals surface area contributed by atoms with E-state index in [1.54, 1.807) is 11.3 Å². The van der Waals surface area contributed by atoms with Gasteiger partial charge in [0, 0.05) is 22.5 Å². The van der Waals surface area contributed by atoms with Crippen molar-refractivity contribution in [3.8, 4) is 10.4 Å². The van der Waals surface area contributed by atoms with E-state index >= 15 is 0 Å². The zero-order valence-corrected chi connectivity index (χ0v) is 12.1. The molecule has 1 nitrogen and oxygen atoms in total. The molecule has 4 heteroatoms. The Hall–Kier alpha value is -0.540. The highest BCUT2D eigenvalue weighted by atomic mass is 35.5. The lowest BCUT2D eigenvalue weighted by molar-refractivity contribution is 0.688. The van der Waals surface area contributed by atoms with E-state index in [1.807, 2.05) is 18.2 Å². The number of hydrogen-bond donors (Lipinski definition) is 1. The number of hydrogen-bond acceptors (Lipinski definition) is 2. The summed E-state index contributed by atoms with van der Waals surface area (Å²) < 4.78 is 0.806. The van der Waals surface area contributed by atoms with E-state index in [2.05, 4.69) is 17.4 Å². The van der Waals surface area contributed by atoms with Gasteiger partial charge in [0.1, 0.15) is 0 Å². The standard InChI is InChI=1S/C14H13Cl2NS/c15-12-7-9(13-5-6-14(16)18-13)1-2-10(12)8-17-11-3-4-11/h1-2,5-7,11,17H,3-4,8H2. The zero-order chi connectivity index (χ0) is 12.5. The number of benzene rings is 1. The summed E-state index contributed by atoms with van der Waals surface area (Å²) >= 11 is 13.8.